The summed E-state index contributed by atoms with van der Waals surface area (Å²) in [4.78, 5) is 9.84. The Morgan fingerprint density at radius 3 is 2.33 bits per heavy atom. The fraction of sp³-hybridized carbons (Fsp3) is 0.200. The number of methoxy groups -OCH3 is 1. The Hall–Kier alpha value is -1.50. The number of ether oxygens (including phenoxy) is 1. The SMILES string of the molecule is C=CC(=O)OC.N#CO. The van der Waals surface area contributed by atoms with Gasteiger partial charge in [-0.25, -0.2) is 4.79 Å². The van der Waals surface area contributed by atoms with Gasteiger partial charge in [-0.05, 0) is 0 Å². The van der Waals surface area contributed by atoms with Gasteiger partial charge < -0.3 is 9.84 Å². The van der Waals surface area contributed by atoms with Crippen molar-refractivity contribution in [2.24, 2.45) is 0 Å². The number of nitriles is 1. The van der Waals surface area contributed by atoms with Crippen molar-refractivity contribution in [3.8, 4) is 6.26 Å². The molecule has 50 valence electrons. The molecule has 0 radical (unpaired) electrons. The Labute approximate surface area is 53.0 Å². The van der Waals surface area contributed by atoms with Gasteiger partial charge in [-0.2, -0.15) is 5.26 Å². The van der Waals surface area contributed by atoms with Gasteiger partial charge in [-0.1, -0.05) is 6.58 Å². The molecule has 0 unspecified atom stereocenters. The second kappa shape index (κ2) is 9.71. The molecule has 0 saturated carbocycles. The molecule has 0 aromatic rings. The Bertz CT molecular complexity index is 125. The molecule has 4 nitrogen and oxygen atoms in total. The number of hydrogen-bond acceptors (Lipinski definition) is 4. The van der Waals surface area contributed by atoms with Crippen LogP contribution in [0.5, 0.6) is 0 Å². The molecule has 0 fully saturated rings. The van der Waals surface area contributed by atoms with E-state index in [4.69, 9.17) is 10.4 Å². The number of rotatable bonds is 1. The molecule has 0 heterocycles. The molecule has 0 aliphatic rings. The number of esters is 1. The van der Waals surface area contributed by atoms with Crippen molar-refractivity contribution in [1.82, 2.24) is 0 Å². The molecule has 0 aliphatic carbocycles. The van der Waals surface area contributed by atoms with Gasteiger partial charge in [-0.15, -0.1) is 0 Å². The number of aliphatic hydroxyl groups excluding tert-OH is 1. The van der Waals surface area contributed by atoms with Gasteiger partial charge in [0.2, 0.25) is 0 Å². The predicted octanol–water partition coefficient (Wildman–Crippen LogP) is 0.185. The molecule has 0 rings (SSSR count). The fourth-order valence-corrected chi connectivity index (χ4v) is 0.0833. The molecule has 0 aliphatic heterocycles. The average molecular weight is 129 g/mol. The minimum Gasteiger partial charge on any atom is -0.466 e. The van der Waals surface area contributed by atoms with Crippen molar-refractivity contribution in [2.45, 2.75) is 0 Å². The van der Waals surface area contributed by atoms with Gasteiger partial charge in [0.25, 0.3) is 6.26 Å². The number of aliphatic hydroxyl groups is 1. The quantitative estimate of drug-likeness (QED) is 0.311. The normalized spacial score (nSPS) is 5.33. The van der Waals surface area contributed by atoms with Crippen LogP contribution in [-0.2, 0) is 9.53 Å². The Balaban J connectivity index is 0. The molecule has 0 saturated heterocycles. The monoisotopic (exact) mass is 129 g/mol. The number of nitrogens with zero attached hydrogens (tertiary/aromatic N) is 1. The van der Waals surface area contributed by atoms with Crippen molar-refractivity contribution in [3.05, 3.63) is 12.7 Å². The van der Waals surface area contributed by atoms with Crippen LogP contribution in [0.25, 0.3) is 0 Å². The number of hydrogen-bond donors (Lipinski definition) is 1. The highest BCUT2D eigenvalue weighted by Crippen LogP contribution is 1.67. The first-order valence-corrected chi connectivity index (χ1v) is 1.96. The highest BCUT2D eigenvalue weighted by molar-refractivity contribution is 5.80. The largest absolute Gasteiger partial charge is 0.466 e. The van der Waals surface area contributed by atoms with Gasteiger partial charge in [-0.3, -0.25) is 0 Å². The van der Waals surface area contributed by atoms with Gasteiger partial charge >= 0.3 is 5.97 Å². The third kappa shape index (κ3) is 21.1. The van der Waals surface area contributed by atoms with E-state index in [0.29, 0.717) is 0 Å². The third-order valence-corrected chi connectivity index (χ3v) is 0.368. The molecule has 0 bridgehead atoms. The van der Waals surface area contributed by atoms with Crippen LogP contribution >= 0.6 is 0 Å². The zero-order valence-corrected chi connectivity index (χ0v) is 5.00. The Morgan fingerprint density at radius 1 is 2.00 bits per heavy atom. The number of carbonyl (C=O) groups excluding carboxylic acids is 1. The maximum atomic E-state index is 9.84. The summed E-state index contributed by atoms with van der Waals surface area (Å²) in [5.41, 5.74) is 0. The van der Waals surface area contributed by atoms with E-state index in [-0.39, 0.29) is 0 Å². The van der Waals surface area contributed by atoms with Crippen LogP contribution in [0.1, 0.15) is 0 Å². The second-order valence-electron chi connectivity index (χ2n) is 0.827. The molecule has 9 heavy (non-hydrogen) atoms. The van der Waals surface area contributed by atoms with E-state index in [1.165, 1.54) is 7.11 Å². The van der Waals surface area contributed by atoms with E-state index < -0.39 is 5.97 Å². The van der Waals surface area contributed by atoms with Crippen molar-refractivity contribution in [3.63, 3.8) is 0 Å². The third-order valence-electron chi connectivity index (χ3n) is 0.368. The molecule has 1 N–H and O–H groups in total. The highest BCUT2D eigenvalue weighted by Gasteiger charge is 1.81. The van der Waals surface area contributed by atoms with E-state index in [2.05, 4.69) is 11.3 Å². The standard InChI is InChI=1S/C4H6O2.CHNO/c1-3-4(5)6-2;2-1-3/h3H,1H2,2H3;3H. The van der Waals surface area contributed by atoms with Gasteiger partial charge in [0.1, 0.15) is 0 Å². The molecular formula is C5H7NO3. The van der Waals surface area contributed by atoms with Crippen LogP contribution in [0.15, 0.2) is 12.7 Å². The Kier molecular flexibility index (Phi) is 11.3. The molecular weight excluding hydrogens is 122 g/mol. The van der Waals surface area contributed by atoms with Crippen LogP contribution < -0.4 is 0 Å². The van der Waals surface area contributed by atoms with Crippen molar-refractivity contribution in [2.75, 3.05) is 7.11 Å². The summed E-state index contributed by atoms with van der Waals surface area (Å²) in [6.45, 7) is 3.16. The summed E-state index contributed by atoms with van der Waals surface area (Å²) in [6.07, 6.45) is 1.86. The highest BCUT2D eigenvalue weighted by atomic mass is 16.5. The lowest BCUT2D eigenvalue weighted by atomic mass is 10.7. The lowest BCUT2D eigenvalue weighted by Gasteiger charge is -1.83. The van der Waals surface area contributed by atoms with Crippen LogP contribution in [0, 0.1) is 11.5 Å². The van der Waals surface area contributed by atoms with Crippen LogP contribution in [0.4, 0.5) is 0 Å². The van der Waals surface area contributed by atoms with Crippen molar-refractivity contribution >= 4 is 5.97 Å². The summed E-state index contributed by atoms with van der Waals surface area (Å²) in [5, 5.41) is 13.8. The fourth-order valence-electron chi connectivity index (χ4n) is 0.0833. The summed E-state index contributed by atoms with van der Waals surface area (Å²) in [5.74, 6) is -0.394. The summed E-state index contributed by atoms with van der Waals surface area (Å²) >= 11 is 0. The lowest BCUT2D eigenvalue weighted by Crippen LogP contribution is -1.91. The smallest absolute Gasteiger partial charge is 0.329 e. The molecule has 4 heteroatoms. The molecule has 0 spiro atoms. The summed E-state index contributed by atoms with van der Waals surface area (Å²) in [7, 11) is 1.31. The van der Waals surface area contributed by atoms with E-state index >= 15 is 0 Å². The zero-order chi connectivity index (χ0) is 7.70. The van der Waals surface area contributed by atoms with E-state index in [0.717, 1.165) is 12.3 Å². The minimum atomic E-state index is -0.394. The maximum absolute atomic E-state index is 9.84. The lowest BCUT2D eigenvalue weighted by molar-refractivity contribution is -0.134. The van der Waals surface area contributed by atoms with Gasteiger partial charge in [0.15, 0.2) is 0 Å². The molecule has 0 aromatic heterocycles. The first-order valence-electron chi connectivity index (χ1n) is 1.96. The molecule has 0 atom stereocenters. The van der Waals surface area contributed by atoms with Crippen molar-refractivity contribution in [1.29, 1.82) is 5.26 Å². The minimum absolute atomic E-state index is 0.394. The van der Waals surface area contributed by atoms with Crippen molar-refractivity contribution < 1.29 is 14.6 Å². The van der Waals surface area contributed by atoms with E-state index in [9.17, 15) is 4.79 Å². The zero-order valence-electron chi connectivity index (χ0n) is 5.00. The topological polar surface area (TPSA) is 70.3 Å². The number of carbonyl (C=O) groups is 1. The first kappa shape index (κ1) is 10.5. The maximum Gasteiger partial charge on any atom is 0.329 e. The average Bonchev–Trinajstić information content (AvgIpc) is 1.88. The van der Waals surface area contributed by atoms with Crippen LogP contribution in [0.2, 0.25) is 0 Å². The van der Waals surface area contributed by atoms with Gasteiger partial charge in [0.05, 0.1) is 7.11 Å². The first-order chi connectivity index (χ1) is 4.22. The van der Waals surface area contributed by atoms with E-state index in [1.807, 2.05) is 0 Å². The molecule has 0 amide bonds. The predicted molar refractivity (Wildman–Crippen MR) is 29.8 cm³/mol. The van der Waals surface area contributed by atoms with Crippen LogP contribution in [0.3, 0.4) is 0 Å². The summed E-state index contributed by atoms with van der Waals surface area (Å²) in [6, 6.07) is 0. The second-order valence-corrected chi connectivity index (χ2v) is 0.827. The molecule has 0 aromatic carbocycles. The van der Waals surface area contributed by atoms with E-state index in [1.54, 1.807) is 0 Å². The van der Waals surface area contributed by atoms with Crippen LogP contribution in [-0.4, -0.2) is 18.2 Å². The Morgan fingerprint density at radius 2 is 2.33 bits per heavy atom. The summed E-state index contributed by atoms with van der Waals surface area (Å²) < 4.78 is 4.14. The van der Waals surface area contributed by atoms with Gasteiger partial charge in [0, 0.05) is 6.08 Å².